The van der Waals surface area contributed by atoms with Gasteiger partial charge >= 0.3 is 0 Å². The Hall–Kier alpha value is -0.650. The molecule has 0 radical (unpaired) electrons. The molecule has 16 heavy (non-hydrogen) atoms. The largest absolute Gasteiger partial charge is 0.396 e. The highest BCUT2D eigenvalue weighted by Gasteiger charge is 2.42. The van der Waals surface area contributed by atoms with E-state index in [1.807, 2.05) is 0 Å². The minimum Gasteiger partial charge on any atom is -0.396 e. The number of likely N-dealkylation sites (tertiary alicyclic amines) is 1. The summed E-state index contributed by atoms with van der Waals surface area (Å²) in [5.74, 6) is -0.243. The van der Waals surface area contributed by atoms with Crippen molar-refractivity contribution in [2.45, 2.75) is 25.3 Å². The maximum Gasteiger partial charge on any atom is 0.234 e. The van der Waals surface area contributed by atoms with Gasteiger partial charge in [-0.05, 0) is 19.4 Å². The van der Waals surface area contributed by atoms with Gasteiger partial charge in [0.05, 0.1) is 31.3 Å². The standard InChI is InChI=1S/C11H20N2O3/c12-10(15)9-3-1-2-4-13(9)5-11(6-14)7-16-8-11/h9,14H,1-8H2,(H2,12,15). The molecule has 2 aliphatic rings. The molecule has 1 amide bonds. The van der Waals surface area contributed by atoms with Crippen LogP contribution in [0.3, 0.4) is 0 Å². The quantitative estimate of drug-likeness (QED) is 0.669. The van der Waals surface area contributed by atoms with Gasteiger partial charge in [-0.3, -0.25) is 9.69 Å². The smallest absolute Gasteiger partial charge is 0.234 e. The van der Waals surface area contributed by atoms with E-state index in [-0.39, 0.29) is 24.0 Å². The van der Waals surface area contributed by atoms with Crippen molar-refractivity contribution >= 4 is 5.91 Å². The van der Waals surface area contributed by atoms with Gasteiger partial charge in [-0.15, -0.1) is 0 Å². The van der Waals surface area contributed by atoms with E-state index >= 15 is 0 Å². The van der Waals surface area contributed by atoms with Crippen LogP contribution in [-0.4, -0.2) is 54.9 Å². The maximum absolute atomic E-state index is 11.3. The highest BCUT2D eigenvalue weighted by molar-refractivity contribution is 5.79. The van der Waals surface area contributed by atoms with E-state index in [1.54, 1.807) is 0 Å². The molecule has 5 heteroatoms. The Bertz CT molecular complexity index is 260. The number of rotatable bonds is 4. The summed E-state index contributed by atoms with van der Waals surface area (Å²) in [6.07, 6.45) is 3.01. The van der Waals surface area contributed by atoms with E-state index < -0.39 is 0 Å². The number of ether oxygens (including phenoxy) is 1. The number of nitrogens with two attached hydrogens (primary N) is 1. The third-order valence-electron chi connectivity index (χ3n) is 3.63. The summed E-state index contributed by atoms with van der Waals surface area (Å²) in [5, 5.41) is 9.37. The molecule has 0 aliphatic carbocycles. The summed E-state index contributed by atoms with van der Waals surface area (Å²) < 4.78 is 5.16. The van der Waals surface area contributed by atoms with Crippen LogP contribution in [0.5, 0.6) is 0 Å². The van der Waals surface area contributed by atoms with Crippen molar-refractivity contribution in [3.63, 3.8) is 0 Å². The molecule has 1 atom stereocenters. The predicted octanol–water partition coefficient (Wildman–Crippen LogP) is -0.665. The van der Waals surface area contributed by atoms with Crippen LogP contribution >= 0.6 is 0 Å². The fraction of sp³-hybridized carbons (Fsp3) is 0.909. The van der Waals surface area contributed by atoms with Crippen LogP contribution in [0, 0.1) is 5.41 Å². The number of primary amides is 1. The predicted molar refractivity (Wildman–Crippen MR) is 58.7 cm³/mol. The van der Waals surface area contributed by atoms with Crippen molar-refractivity contribution in [2.75, 3.05) is 32.9 Å². The minimum absolute atomic E-state index is 0.120. The third kappa shape index (κ3) is 2.21. The topological polar surface area (TPSA) is 75.8 Å². The van der Waals surface area contributed by atoms with E-state index in [9.17, 15) is 9.90 Å². The van der Waals surface area contributed by atoms with Crippen molar-refractivity contribution < 1.29 is 14.6 Å². The molecule has 2 fully saturated rings. The molecule has 0 saturated carbocycles. The lowest BCUT2D eigenvalue weighted by Crippen LogP contribution is -2.58. The summed E-state index contributed by atoms with van der Waals surface area (Å²) >= 11 is 0. The highest BCUT2D eigenvalue weighted by Crippen LogP contribution is 2.30. The SMILES string of the molecule is NC(=O)C1CCCCN1CC1(CO)COC1. The zero-order valence-corrected chi connectivity index (χ0v) is 9.52. The molecule has 0 spiro atoms. The van der Waals surface area contributed by atoms with Crippen LogP contribution in [-0.2, 0) is 9.53 Å². The van der Waals surface area contributed by atoms with Crippen molar-refractivity contribution in [3.8, 4) is 0 Å². The van der Waals surface area contributed by atoms with Crippen molar-refractivity contribution in [1.29, 1.82) is 0 Å². The molecule has 2 saturated heterocycles. The van der Waals surface area contributed by atoms with Crippen LogP contribution in [0.1, 0.15) is 19.3 Å². The normalized spacial score (nSPS) is 29.7. The minimum atomic E-state index is -0.243. The third-order valence-corrected chi connectivity index (χ3v) is 3.63. The summed E-state index contributed by atoms with van der Waals surface area (Å²) in [4.78, 5) is 13.4. The van der Waals surface area contributed by atoms with E-state index in [2.05, 4.69) is 4.90 Å². The van der Waals surface area contributed by atoms with E-state index in [0.717, 1.165) is 32.4 Å². The zero-order chi connectivity index (χ0) is 11.6. The Morgan fingerprint density at radius 2 is 2.25 bits per heavy atom. The van der Waals surface area contributed by atoms with Crippen molar-refractivity contribution in [3.05, 3.63) is 0 Å². The molecule has 0 aromatic rings. The molecule has 2 heterocycles. The number of hydrogen-bond donors (Lipinski definition) is 2. The first kappa shape index (κ1) is 11.8. The summed E-state index contributed by atoms with van der Waals surface area (Å²) in [6.45, 7) is 2.92. The van der Waals surface area contributed by atoms with Gasteiger partial charge in [-0.25, -0.2) is 0 Å². The highest BCUT2D eigenvalue weighted by atomic mass is 16.5. The van der Waals surface area contributed by atoms with Crippen LogP contribution in [0.2, 0.25) is 0 Å². The van der Waals surface area contributed by atoms with Gasteiger partial charge in [0, 0.05) is 6.54 Å². The fourth-order valence-corrected chi connectivity index (χ4v) is 2.56. The van der Waals surface area contributed by atoms with Crippen LogP contribution in [0.15, 0.2) is 0 Å². The number of aliphatic hydroxyl groups is 1. The summed E-state index contributed by atoms with van der Waals surface area (Å²) in [6, 6.07) is -0.155. The van der Waals surface area contributed by atoms with Crippen LogP contribution in [0.4, 0.5) is 0 Å². The average Bonchev–Trinajstić information content (AvgIpc) is 2.24. The number of piperidine rings is 1. The molecule has 2 aliphatic heterocycles. The zero-order valence-electron chi connectivity index (χ0n) is 9.52. The Morgan fingerprint density at radius 3 is 2.75 bits per heavy atom. The van der Waals surface area contributed by atoms with E-state index in [4.69, 9.17) is 10.5 Å². The fourth-order valence-electron chi connectivity index (χ4n) is 2.56. The first-order valence-electron chi connectivity index (χ1n) is 5.89. The van der Waals surface area contributed by atoms with Gasteiger partial charge in [0.15, 0.2) is 0 Å². The molecular formula is C11H20N2O3. The van der Waals surface area contributed by atoms with Gasteiger partial charge in [-0.2, -0.15) is 0 Å². The maximum atomic E-state index is 11.3. The van der Waals surface area contributed by atoms with Gasteiger partial charge in [-0.1, -0.05) is 6.42 Å². The van der Waals surface area contributed by atoms with E-state index in [0.29, 0.717) is 13.2 Å². The van der Waals surface area contributed by atoms with Gasteiger partial charge in [0.25, 0.3) is 0 Å². The Kier molecular flexibility index (Phi) is 3.47. The number of carbonyl (C=O) groups is 1. The Labute approximate surface area is 95.5 Å². The summed E-state index contributed by atoms with van der Waals surface area (Å²) in [5.41, 5.74) is 5.24. The second kappa shape index (κ2) is 4.69. The first-order chi connectivity index (χ1) is 7.67. The molecule has 3 N–H and O–H groups in total. The van der Waals surface area contributed by atoms with Crippen molar-refractivity contribution in [1.82, 2.24) is 4.90 Å². The average molecular weight is 228 g/mol. The van der Waals surface area contributed by atoms with Gasteiger partial charge in [0.1, 0.15) is 0 Å². The second-order valence-corrected chi connectivity index (χ2v) is 5.04. The monoisotopic (exact) mass is 228 g/mol. The lowest BCUT2D eigenvalue weighted by molar-refractivity contribution is -0.156. The lowest BCUT2D eigenvalue weighted by Gasteiger charge is -2.46. The molecule has 0 bridgehead atoms. The number of amides is 1. The molecule has 0 aromatic heterocycles. The summed E-state index contributed by atoms with van der Waals surface area (Å²) in [7, 11) is 0. The molecular weight excluding hydrogens is 208 g/mol. The number of carbonyl (C=O) groups excluding carboxylic acids is 1. The molecule has 2 rings (SSSR count). The second-order valence-electron chi connectivity index (χ2n) is 5.04. The molecule has 0 aromatic carbocycles. The molecule has 5 nitrogen and oxygen atoms in total. The Balaban J connectivity index is 1.98. The van der Waals surface area contributed by atoms with Gasteiger partial charge in [0.2, 0.25) is 5.91 Å². The van der Waals surface area contributed by atoms with Crippen LogP contribution < -0.4 is 5.73 Å². The van der Waals surface area contributed by atoms with E-state index in [1.165, 1.54) is 0 Å². The van der Waals surface area contributed by atoms with Crippen molar-refractivity contribution in [2.24, 2.45) is 11.1 Å². The number of aliphatic hydroxyl groups excluding tert-OH is 1. The van der Waals surface area contributed by atoms with Crippen LogP contribution in [0.25, 0.3) is 0 Å². The van der Waals surface area contributed by atoms with Gasteiger partial charge < -0.3 is 15.6 Å². The first-order valence-corrected chi connectivity index (χ1v) is 5.89. The molecule has 92 valence electrons. The number of nitrogens with zero attached hydrogens (tertiary/aromatic N) is 1. The molecule has 1 unspecified atom stereocenters. The lowest BCUT2D eigenvalue weighted by atomic mass is 9.85. The number of hydrogen-bond acceptors (Lipinski definition) is 4. The Morgan fingerprint density at radius 1 is 1.50 bits per heavy atom.